The molecular formula is C15H20FNO. The van der Waals surface area contributed by atoms with E-state index in [9.17, 15) is 4.39 Å². The van der Waals surface area contributed by atoms with E-state index in [1.165, 1.54) is 31.7 Å². The molecular weight excluding hydrogens is 229 g/mol. The van der Waals surface area contributed by atoms with Gasteiger partial charge in [-0.1, -0.05) is 6.07 Å². The smallest absolute Gasteiger partial charge is 0.178 e. The standard InChI is InChI=1S/C15H20FNO/c16-13-8-5-9-14(17-10-3-4-11-17)15(13)18-12-6-1-2-7-12/h5,8-9,12H,1-4,6-7,10-11H2. The Balaban J connectivity index is 1.85. The van der Waals surface area contributed by atoms with Crippen LogP contribution in [0.25, 0.3) is 0 Å². The van der Waals surface area contributed by atoms with Gasteiger partial charge >= 0.3 is 0 Å². The normalized spacial score (nSPS) is 20.6. The monoisotopic (exact) mass is 249 g/mol. The molecule has 0 N–H and O–H groups in total. The van der Waals surface area contributed by atoms with Crippen LogP contribution in [0, 0.1) is 5.82 Å². The lowest BCUT2D eigenvalue weighted by atomic mass is 10.2. The van der Waals surface area contributed by atoms with Gasteiger partial charge in [0.2, 0.25) is 0 Å². The molecule has 1 aromatic carbocycles. The maximum absolute atomic E-state index is 14.0. The zero-order valence-electron chi connectivity index (χ0n) is 10.7. The number of halogens is 1. The van der Waals surface area contributed by atoms with Crippen LogP contribution >= 0.6 is 0 Å². The van der Waals surface area contributed by atoms with Crippen molar-refractivity contribution in [3.05, 3.63) is 24.0 Å². The number of anilines is 1. The summed E-state index contributed by atoms with van der Waals surface area (Å²) in [5, 5.41) is 0. The Morgan fingerprint density at radius 3 is 2.50 bits per heavy atom. The number of ether oxygens (including phenoxy) is 1. The van der Waals surface area contributed by atoms with Gasteiger partial charge in [-0.25, -0.2) is 4.39 Å². The fraction of sp³-hybridized carbons (Fsp3) is 0.600. The molecule has 0 amide bonds. The van der Waals surface area contributed by atoms with Crippen molar-refractivity contribution >= 4 is 5.69 Å². The van der Waals surface area contributed by atoms with Crippen molar-refractivity contribution in [2.24, 2.45) is 0 Å². The van der Waals surface area contributed by atoms with E-state index < -0.39 is 0 Å². The van der Waals surface area contributed by atoms with Crippen LogP contribution in [-0.4, -0.2) is 19.2 Å². The first kappa shape index (κ1) is 11.8. The van der Waals surface area contributed by atoms with Gasteiger partial charge in [-0.05, 0) is 50.7 Å². The fourth-order valence-corrected chi connectivity index (χ4v) is 2.99. The molecule has 0 unspecified atom stereocenters. The second-order valence-corrected chi connectivity index (χ2v) is 5.31. The number of nitrogens with zero attached hydrogens (tertiary/aromatic N) is 1. The molecule has 1 aromatic rings. The lowest BCUT2D eigenvalue weighted by Gasteiger charge is -2.23. The van der Waals surface area contributed by atoms with E-state index in [0.717, 1.165) is 31.6 Å². The minimum absolute atomic E-state index is 0.211. The molecule has 0 aromatic heterocycles. The zero-order chi connectivity index (χ0) is 12.4. The molecule has 0 spiro atoms. The Labute approximate surface area is 108 Å². The van der Waals surface area contributed by atoms with E-state index in [1.807, 2.05) is 6.07 Å². The predicted molar refractivity (Wildman–Crippen MR) is 70.7 cm³/mol. The molecule has 2 aliphatic rings. The van der Waals surface area contributed by atoms with Gasteiger partial charge in [-0.15, -0.1) is 0 Å². The molecule has 3 heteroatoms. The molecule has 18 heavy (non-hydrogen) atoms. The predicted octanol–water partition coefficient (Wildman–Crippen LogP) is 3.75. The molecule has 1 heterocycles. The van der Waals surface area contributed by atoms with E-state index in [-0.39, 0.29) is 11.9 Å². The molecule has 98 valence electrons. The van der Waals surface area contributed by atoms with Gasteiger partial charge in [-0.2, -0.15) is 0 Å². The van der Waals surface area contributed by atoms with Crippen molar-refractivity contribution in [1.29, 1.82) is 0 Å². The number of hydrogen-bond donors (Lipinski definition) is 0. The molecule has 0 radical (unpaired) electrons. The van der Waals surface area contributed by atoms with E-state index in [0.29, 0.717) is 5.75 Å². The summed E-state index contributed by atoms with van der Waals surface area (Å²) in [6, 6.07) is 5.27. The summed E-state index contributed by atoms with van der Waals surface area (Å²) < 4.78 is 19.9. The van der Waals surface area contributed by atoms with Gasteiger partial charge in [0, 0.05) is 13.1 Å². The van der Waals surface area contributed by atoms with Gasteiger partial charge in [0.15, 0.2) is 11.6 Å². The SMILES string of the molecule is Fc1cccc(N2CCCC2)c1OC1CCCC1. The second-order valence-electron chi connectivity index (χ2n) is 5.31. The van der Waals surface area contributed by atoms with E-state index in [2.05, 4.69) is 4.90 Å². The van der Waals surface area contributed by atoms with Gasteiger partial charge in [0.05, 0.1) is 11.8 Å². The average Bonchev–Trinajstić information content (AvgIpc) is 3.04. The van der Waals surface area contributed by atoms with E-state index in [1.54, 1.807) is 6.07 Å². The molecule has 0 bridgehead atoms. The number of hydrogen-bond acceptors (Lipinski definition) is 2. The third-order valence-corrected chi connectivity index (χ3v) is 3.98. The highest BCUT2D eigenvalue weighted by molar-refractivity contribution is 5.59. The second kappa shape index (κ2) is 5.17. The van der Waals surface area contributed by atoms with E-state index >= 15 is 0 Å². The first-order valence-electron chi connectivity index (χ1n) is 7.05. The van der Waals surface area contributed by atoms with Crippen molar-refractivity contribution in [3.8, 4) is 5.75 Å². The molecule has 0 atom stereocenters. The maximum atomic E-state index is 14.0. The van der Waals surface area contributed by atoms with Crippen molar-refractivity contribution in [2.75, 3.05) is 18.0 Å². The van der Waals surface area contributed by atoms with Gasteiger partial charge in [0.1, 0.15) is 0 Å². The Morgan fingerprint density at radius 1 is 1.06 bits per heavy atom. The third kappa shape index (κ3) is 2.31. The van der Waals surface area contributed by atoms with Crippen molar-refractivity contribution in [1.82, 2.24) is 0 Å². The summed E-state index contributed by atoms with van der Waals surface area (Å²) >= 11 is 0. The van der Waals surface area contributed by atoms with Gasteiger partial charge in [0.25, 0.3) is 0 Å². The van der Waals surface area contributed by atoms with Crippen LogP contribution in [0.3, 0.4) is 0 Å². The average molecular weight is 249 g/mol. The number of benzene rings is 1. The Hall–Kier alpha value is -1.25. The highest BCUT2D eigenvalue weighted by atomic mass is 19.1. The minimum Gasteiger partial charge on any atom is -0.485 e. The van der Waals surface area contributed by atoms with Gasteiger partial charge < -0.3 is 9.64 Å². The molecule has 1 saturated carbocycles. The lowest BCUT2D eigenvalue weighted by molar-refractivity contribution is 0.201. The maximum Gasteiger partial charge on any atom is 0.178 e. The molecule has 1 saturated heterocycles. The largest absolute Gasteiger partial charge is 0.485 e. The number of rotatable bonds is 3. The Morgan fingerprint density at radius 2 is 1.78 bits per heavy atom. The first-order chi connectivity index (χ1) is 8.84. The zero-order valence-corrected chi connectivity index (χ0v) is 10.7. The summed E-state index contributed by atoms with van der Waals surface area (Å²) in [4.78, 5) is 2.24. The minimum atomic E-state index is -0.216. The summed E-state index contributed by atoms with van der Waals surface area (Å²) in [5.41, 5.74) is 0.944. The van der Waals surface area contributed by atoms with Crippen LogP contribution in [0.5, 0.6) is 5.75 Å². The topological polar surface area (TPSA) is 12.5 Å². The molecule has 2 fully saturated rings. The number of para-hydroxylation sites is 1. The Kier molecular flexibility index (Phi) is 3.39. The summed E-state index contributed by atoms with van der Waals surface area (Å²) in [6.07, 6.45) is 7.14. The van der Waals surface area contributed by atoms with Crippen LogP contribution in [-0.2, 0) is 0 Å². The highest BCUT2D eigenvalue weighted by Gasteiger charge is 2.23. The van der Waals surface area contributed by atoms with Crippen molar-refractivity contribution in [3.63, 3.8) is 0 Å². The van der Waals surface area contributed by atoms with Crippen LogP contribution < -0.4 is 9.64 Å². The molecule has 2 nitrogen and oxygen atoms in total. The molecule has 1 aliphatic heterocycles. The van der Waals surface area contributed by atoms with Crippen LogP contribution in [0.2, 0.25) is 0 Å². The first-order valence-corrected chi connectivity index (χ1v) is 7.05. The highest BCUT2D eigenvalue weighted by Crippen LogP contribution is 2.36. The summed E-state index contributed by atoms with van der Waals surface area (Å²) in [5.74, 6) is 0.262. The van der Waals surface area contributed by atoms with Crippen molar-refractivity contribution < 1.29 is 9.13 Å². The molecule has 1 aliphatic carbocycles. The summed E-state index contributed by atoms with van der Waals surface area (Å²) in [6.45, 7) is 2.04. The fourth-order valence-electron chi connectivity index (χ4n) is 2.99. The van der Waals surface area contributed by atoms with Crippen LogP contribution in [0.15, 0.2) is 18.2 Å². The lowest BCUT2D eigenvalue weighted by Crippen LogP contribution is -2.21. The molecule has 3 rings (SSSR count). The quantitative estimate of drug-likeness (QED) is 0.809. The van der Waals surface area contributed by atoms with Crippen LogP contribution in [0.1, 0.15) is 38.5 Å². The van der Waals surface area contributed by atoms with Gasteiger partial charge in [-0.3, -0.25) is 0 Å². The third-order valence-electron chi connectivity index (χ3n) is 3.98. The van der Waals surface area contributed by atoms with E-state index in [4.69, 9.17) is 4.74 Å². The summed E-state index contributed by atoms with van der Waals surface area (Å²) in [7, 11) is 0. The van der Waals surface area contributed by atoms with Crippen LogP contribution in [0.4, 0.5) is 10.1 Å². The Bertz CT molecular complexity index is 409. The van der Waals surface area contributed by atoms with Crippen molar-refractivity contribution in [2.45, 2.75) is 44.6 Å².